The third-order valence-electron chi connectivity index (χ3n) is 5.83. The molecule has 2 aromatic carbocycles. The number of ether oxygens (including phenoxy) is 3. The lowest BCUT2D eigenvalue weighted by Gasteiger charge is -2.30. The highest BCUT2D eigenvalue weighted by molar-refractivity contribution is 6.07. The Morgan fingerprint density at radius 2 is 1.94 bits per heavy atom. The molecule has 0 saturated carbocycles. The van der Waals surface area contributed by atoms with Gasteiger partial charge in [0.15, 0.2) is 0 Å². The normalized spacial score (nSPS) is 21.8. The number of amides is 2. The van der Waals surface area contributed by atoms with Gasteiger partial charge >= 0.3 is 0 Å². The van der Waals surface area contributed by atoms with Crippen molar-refractivity contribution in [2.75, 3.05) is 46.3 Å². The summed E-state index contributed by atoms with van der Waals surface area (Å²) in [6.45, 7) is 5.73. The van der Waals surface area contributed by atoms with Crippen LogP contribution in [-0.4, -0.2) is 69.8 Å². The van der Waals surface area contributed by atoms with E-state index in [4.69, 9.17) is 14.2 Å². The van der Waals surface area contributed by atoms with Gasteiger partial charge in [-0.1, -0.05) is 19.1 Å². The van der Waals surface area contributed by atoms with Crippen molar-refractivity contribution >= 4 is 17.5 Å². The van der Waals surface area contributed by atoms with Crippen molar-refractivity contribution in [3.8, 4) is 11.5 Å². The molecule has 0 fully saturated rings. The number of fused-ring (bicyclic) bond motifs is 1. The standard InChI is InChI=1S/C25H33N3O5/c1-16-13-26-17(2)15-33-22-11-10-18(12-20(22)25(30)28(3)14-23(16)32-5)27-24(29)19-8-6-7-9-21(19)31-4/h6-12,16-17,23,26H,13-15H2,1-5H3,(H,27,29)/t16-,17+,23+/m1/s1. The van der Waals surface area contributed by atoms with Crippen LogP contribution in [0.4, 0.5) is 5.69 Å². The molecule has 0 aromatic heterocycles. The minimum absolute atomic E-state index is 0.0926. The van der Waals surface area contributed by atoms with E-state index in [-0.39, 0.29) is 29.9 Å². The average Bonchev–Trinajstić information content (AvgIpc) is 2.83. The summed E-state index contributed by atoms with van der Waals surface area (Å²) in [6.07, 6.45) is -0.115. The highest BCUT2D eigenvalue weighted by Gasteiger charge is 2.26. The lowest BCUT2D eigenvalue weighted by atomic mass is 10.0. The van der Waals surface area contributed by atoms with Gasteiger partial charge in [-0.25, -0.2) is 0 Å². The molecule has 0 radical (unpaired) electrons. The fraction of sp³-hybridized carbons (Fsp3) is 0.440. The van der Waals surface area contributed by atoms with Crippen LogP contribution in [0.3, 0.4) is 0 Å². The van der Waals surface area contributed by atoms with E-state index in [1.54, 1.807) is 61.5 Å². The van der Waals surface area contributed by atoms with Gasteiger partial charge in [0.2, 0.25) is 0 Å². The molecular weight excluding hydrogens is 422 g/mol. The molecule has 0 spiro atoms. The Morgan fingerprint density at radius 1 is 1.18 bits per heavy atom. The van der Waals surface area contributed by atoms with E-state index in [9.17, 15) is 9.59 Å². The number of hydrogen-bond acceptors (Lipinski definition) is 6. The summed E-state index contributed by atoms with van der Waals surface area (Å²) < 4.78 is 16.9. The van der Waals surface area contributed by atoms with Gasteiger partial charge in [0.05, 0.1) is 24.3 Å². The minimum Gasteiger partial charge on any atom is -0.496 e. The summed E-state index contributed by atoms with van der Waals surface area (Å²) in [7, 11) is 4.92. The van der Waals surface area contributed by atoms with Crippen molar-refractivity contribution in [3.05, 3.63) is 53.6 Å². The molecule has 8 nitrogen and oxygen atoms in total. The number of rotatable bonds is 4. The van der Waals surface area contributed by atoms with Gasteiger partial charge in [0.1, 0.15) is 18.1 Å². The number of nitrogens with zero attached hydrogens (tertiary/aromatic N) is 1. The number of methoxy groups -OCH3 is 2. The topological polar surface area (TPSA) is 89.1 Å². The van der Waals surface area contributed by atoms with Crippen LogP contribution in [0.15, 0.2) is 42.5 Å². The molecule has 2 N–H and O–H groups in total. The Balaban J connectivity index is 1.90. The fourth-order valence-electron chi connectivity index (χ4n) is 3.77. The first-order chi connectivity index (χ1) is 15.8. The highest BCUT2D eigenvalue weighted by Crippen LogP contribution is 2.27. The van der Waals surface area contributed by atoms with Crippen LogP contribution in [0, 0.1) is 5.92 Å². The predicted octanol–water partition coefficient (Wildman–Crippen LogP) is 3.04. The number of para-hydroxylation sites is 1. The summed E-state index contributed by atoms with van der Waals surface area (Å²) in [5.74, 6) is 0.625. The minimum atomic E-state index is -0.326. The lowest BCUT2D eigenvalue weighted by molar-refractivity contribution is 0.0281. The number of anilines is 1. The maximum absolute atomic E-state index is 13.4. The van der Waals surface area contributed by atoms with Gasteiger partial charge in [0, 0.05) is 39.0 Å². The van der Waals surface area contributed by atoms with Crippen molar-refractivity contribution in [1.29, 1.82) is 0 Å². The molecule has 0 unspecified atom stereocenters. The Kier molecular flexibility index (Phi) is 8.30. The van der Waals surface area contributed by atoms with Gasteiger partial charge in [-0.15, -0.1) is 0 Å². The second-order valence-electron chi connectivity index (χ2n) is 8.42. The third-order valence-corrected chi connectivity index (χ3v) is 5.83. The number of benzene rings is 2. The Hall–Kier alpha value is -3.10. The summed E-state index contributed by atoms with van der Waals surface area (Å²) in [5, 5.41) is 6.32. The second-order valence-corrected chi connectivity index (χ2v) is 8.42. The zero-order chi connectivity index (χ0) is 24.0. The molecule has 33 heavy (non-hydrogen) atoms. The molecule has 3 rings (SSSR count). The first-order valence-electron chi connectivity index (χ1n) is 11.1. The predicted molar refractivity (Wildman–Crippen MR) is 127 cm³/mol. The number of carbonyl (C=O) groups is 2. The molecule has 0 saturated heterocycles. The van der Waals surface area contributed by atoms with Gasteiger partial charge in [-0.05, 0) is 43.2 Å². The summed E-state index contributed by atoms with van der Waals surface area (Å²) in [5.41, 5.74) is 1.28. The van der Waals surface area contributed by atoms with E-state index in [1.165, 1.54) is 7.11 Å². The molecule has 178 valence electrons. The zero-order valence-corrected chi connectivity index (χ0v) is 19.9. The van der Waals surface area contributed by atoms with Crippen LogP contribution < -0.4 is 20.1 Å². The molecule has 0 bridgehead atoms. The van der Waals surface area contributed by atoms with Crippen molar-refractivity contribution < 1.29 is 23.8 Å². The molecule has 2 amide bonds. The smallest absolute Gasteiger partial charge is 0.259 e. The van der Waals surface area contributed by atoms with E-state index in [0.717, 1.165) is 6.54 Å². The number of nitrogens with one attached hydrogen (secondary N) is 2. The van der Waals surface area contributed by atoms with Crippen molar-refractivity contribution in [2.45, 2.75) is 26.0 Å². The van der Waals surface area contributed by atoms with Crippen molar-refractivity contribution in [3.63, 3.8) is 0 Å². The van der Waals surface area contributed by atoms with E-state index in [2.05, 4.69) is 17.6 Å². The Labute approximate surface area is 195 Å². The van der Waals surface area contributed by atoms with E-state index in [1.807, 2.05) is 6.92 Å². The van der Waals surface area contributed by atoms with E-state index >= 15 is 0 Å². The molecule has 2 aromatic rings. The number of likely N-dealkylation sites (N-methyl/N-ethyl adjacent to an activating group) is 1. The van der Waals surface area contributed by atoms with Gasteiger partial charge in [-0.3, -0.25) is 9.59 Å². The number of carbonyl (C=O) groups excluding carboxylic acids is 2. The van der Waals surface area contributed by atoms with E-state index < -0.39 is 0 Å². The van der Waals surface area contributed by atoms with Crippen LogP contribution in [0.2, 0.25) is 0 Å². The summed E-state index contributed by atoms with van der Waals surface area (Å²) in [6, 6.07) is 12.2. The van der Waals surface area contributed by atoms with E-state index in [0.29, 0.717) is 41.5 Å². The van der Waals surface area contributed by atoms with Crippen LogP contribution in [-0.2, 0) is 4.74 Å². The van der Waals surface area contributed by atoms with Crippen molar-refractivity contribution in [2.24, 2.45) is 5.92 Å². The molecule has 3 atom stereocenters. The molecule has 0 aliphatic carbocycles. The monoisotopic (exact) mass is 455 g/mol. The van der Waals surface area contributed by atoms with Gasteiger partial charge in [-0.2, -0.15) is 0 Å². The van der Waals surface area contributed by atoms with Crippen LogP contribution >= 0.6 is 0 Å². The number of hydrogen-bond donors (Lipinski definition) is 2. The SMILES string of the molecule is COc1ccccc1C(=O)Nc1ccc2c(c1)C(=O)N(C)C[C@H](OC)[C@H](C)CN[C@@H](C)CO2. The fourth-order valence-corrected chi connectivity index (χ4v) is 3.77. The quantitative estimate of drug-likeness (QED) is 0.737. The van der Waals surface area contributed by atoms with Crippen LogP contribution in [0.1, 0.15) is 34.6 Å². The molecule has 1 heterocycles. The average molecular weight is 456 g/mol. The lowest BCUT2D eigenvalue weighted by Crippen LogP contribution is -2.44. The van der Waals surface area contributed by atoms with Crippen LogP contribution in [0.5, 0.6) is 11.5 Å². The van der Waals surface area contributed by atoms with Crippen LogP contribution in [0.25, 0.3) is 0 Å². The van der Waals surface area contributed by atoms with Gasteiger partial charge < -0.3 is 29.7 Å². The maximum Gasteiger partial charge on any atom is 0.259 e. The first-order valence-corrected chi connectivity index (χ1v) is 11.1. The van der Waals surface area contributed by atoms with Crippen molar-refractivity contribution in [1.82, 2.24) is 10.2 Å². The Bertz CT molecular complexity index is 980. The first kappa shape index (κ1) is 24.5. The zero-order valence-electron chi connectivity index (χ0n) is 19.9. The molecule has 8 heteroatoms. The largest absolute Gasteiger partial charge is 0.496 e. The molecule has 1 aliphatic heterocycles. The third kappa shape index (κ3) is 6.03. The summed E-state index contributed by atoms with van der Waals surface area (Å²) in [4.78, 5) is 27.8. The molecule has 1 aliphatic rings. The van der Waals surface area contributed by atoms with Gasteiger partial charge in [0.25, 0.3) is 11.8 Å². The maximum atomic E-state index is 13.4. The second kappa shape index (κ2) is 11.2. The molecular formula is C25H33N3O5. The summed E-state index contributed by atoms with van der Waals surface area (Å²) >= 11 is 0. The highest BCUT2D eigenvalue weighted by atomic mass is 16.5. The Morgan fingerprint density at radius 3 is 2.67 bits per heavy atom.